The van der Waals surface area contributed by atoms with Crippen LogP contribution in [0.5, 0.6) is 0 Å². The van der Waals surface area contributed by atoms with Gasteiger partial charge in [-0.2, -0.15) is 24.9 Å². The normalized spacial score (nSPS) is 23.9. The van der Waals surface area contributed by atoms with Gasteiger partial charge in [-0.15, -0.1) is 11.8 Å². The van der Waals surface area contributed by atoms with Crippen molar-refractivity contribution >= 4 is 35.4 Å². The van der Waals surface area contributed by atoms with Gasteiger partial charge in [-0.25, -0.2) is 4.79 Å². The summed E-state index contributed by atoms with van der Waals surface area (Å²) in [6.45, 7) is 0. The third-order valence-corrected chi connectivity index (χ3v) is 4.50. The molecule has 0 saturated carbocycles. The molecule has 0 spiro atoms. The molecule has 0 aromatic heterocycles. The summed E-state index contributed by atoms with van der Waals surface area (Å²) in [5.74, 6) is -2.45. The molecule has 104 valence electrons. The van der Waals surface area contributed by atoms with E-state index in [1.165, 1.54) is 11.8 Å². The molecule has 1 amide bonds. The minimum Gasteiger partial charge on any atom is -0.479 e. The van der Waals surface area contributed by atoms with Gasteiger partial charge in [0.1, 0.15) is 5.54 Å². The second-order valence-electron chi connectivity index (χ2n) is 3.85. The molecule has 1 atom stereocenters. The summed E-state index contributed by atoms with van der Waals surface area (Å²) in [5, 5.41) is 11.4. The largest absolute Gasteiger partial charge is 0.479 e. The summed E-state index contributed by atoms with van der Waals surface area (Å²) in [6, 6.07) is 0. The number of nitrogens with one attached hydrogen (secondary N) is 1. The Hall–Kier alpha value is -0.570. The van der Waals surface area contributed by atoms with Crippen LogP contribution in [0, 0.1) is 0 Å². The van der Waals surface area contributed by atoms with Crippen molar-refractivity contribution in [2.45, 2.75) is 18.1 Å². The highest BCUT2D eigenvalue weighted by molar-refractivity contribution is 8.00. The van der Waals surface area contributed by atoms with Crippen LogP contribution in [0.4, 0.5) is 13.2 Å². The summed E-state index contributed by atoms with van der Waals surface area (Å²) in [7, 11) is 0. The molecule has 18 heavy (non-hydrogen) atoms. The number of thioether (sulfide) groups is 2. The van der Waals surface area contributed by atoms with Gasteiger partial charge in [0.05, 0.1) is 11.5 Å². The molecule has 0 radical (unpaired) electrons. The van der Waals surface area contributed by atoms with E-state index in [0.717, 1.165) is 0 Å². The molecule has 0 bridgehead atoms. The lowest BCUT2D eigenvalue weighted by Gasteiger charge is -2.24. The molecular formula is C9H12F3NO3S2. The number of amides is 1. The molecule has 4 nitrogen and oxygen atoms in total. The first-order valence-electron chi connectivity index (χ1n) is 5.02. The van der Waals surface area contributed by atoms with Gasteiger partial charge in [0.2, 0.25) is 5.91 Å². The number of halogens is 3. The van der Waals surface area contributed by atoms with Crippen LogP contribution in [0.3, 0.4) is 0 Å². The molecule has 1 aliphatic heterocycles. The van der Waals surface area contributed by atoms with Gasteiger partial charge < -0.3 is 10.4 Å². The summed E-state index contributed by atoms with van der Waals surface area (Å²) in [5.41, 5.74) is -1.32. The molecule has 0 aliphatic carbocycles. The van der Waals surface area contributed by atoms with Crippen molar-refractivity contribution in [3.8, 4) is 0 Å². The van der Waals surface area contributed by atoms with Crippen LogP contribution in [-0.4, -0.2) is 51.7 Å². The van der Waals surface area contributed by atoms with Crippen molar-refractivity contribution in [3.63, 3.8) is 0 Å². The highest BCUT2D eigenvalue weighted by Crippen LogP contribution is 2.28. The maximum absolute atomic E-state index is 11.9. The summed E-state index contributed by atoms with van der Waals surface area (Å²) in [4.78, 5) is 22.5. The maximum atomic E-state index is 11.9. The highest BCUT2D eigenvalue weighted by Gasteiger charge is 2.43. The Morgan fingerprint density at radius 2 is 2.11 bits per heavy atom. The Labute approximate surface area is 110 Å². The molecule has 0 aromatic carbocycles. The molecule has 1 heterocycles. The van der Waals surface area contributed by atoms with Gasteiger partial charge in [-0.1, -0.05) is 0 Å². The number of hydrogen-bond acceptors (Lipinski definition) is 4. The Morgan fingerprint density at radius 3 is 2.56 bits per heavy atom. The molecule has 1 unspecified atom stereocenters. The number of hydrogen-bond donors (Lipinski definition) is 2. The fourth-order valence-corrected chi connectivity index (χ4v) is 3.36. The lowest BCUT2D eigenvalue weighted by atomic mass is 9.99. The smallest absolute Gasteiger partial charge is 0.397 e. The fourth-order valence-electron chi connectivity index (χ4n) is 1.45. The van der Waals surface area contributed by atoms with E-state index in [4.69, 9.17) is 5.11 Å². The van der Waals surface area contributed by atoms with Crippen LogP contribution in [0.1, 0.15) is 6.42 Å². The first-order chi connectivity index (χ1) is 8.25. The molecule has 1 saturated heterocycles. The zero-order chi connectivity index (χ0) is 13.8. The standard InChI is InChI=1S/C9H12F3NO3S2/c10-9(11,12)5-18-3-6(14)13-8(7(15)16)1-2-17-4-8/h1-5H2,(H,13,14)(H,15,16). The van der Waals surface area contributed by atoms with Gasteiger partial charge in [0.15, 0.2) is 0 Å². The van der Waals surface area contributed by atoms with Crippen LogP contribution >= 0.6 is 23.5 Å². The molecule has 2 N–H and O–H groups in total. The third kappa shape index (κ3) is 4.60. The Bertz CT molecular complexity index is 330. The Morgan fingerprint density at radius 1 is 1.44 bits per heavy atom. The van der Waals surface area contributed by atoms with Gasteiger partial charge in [0.25, 0.3) is 0 Å². The van der Waals surface area contributed by atoms with E-state index in [9.17, 15) is 22.8 Å². The van der Waals surface area contributed by atoms with Crippen LogP contribution in [0.25, 0.3) is 0 Å². The van der Waals surface area contributed by atoms with Crippen molar-refractivity contribution in [1.82, 2.24) is 5.32 Å². The van der Waals surface area contributed by atoms with E-state index in [1.807, 2.05) is 0 Å². The van der Waals surface area contributed by atoms with Crippen molar-refractivity contribution in [1.29, 1.82) is 0 Å². The number of carbonyl (C=O) groups is 2. The first-order valence-corrected chi connectivity index (χ1v) is 7.33. The van der Waals surface area contributed by atoms with Crippen molar-refractivity contribution in [3.05, 3.63) is 0 Å². The van der Waals surface area contributed by atoms with Gasteiger partial charge in [-0.3, -0.25) is 4.79 Å². The average Bonchev–Trinajstić information content (AvgIpc) is 2.65. The molecule has 1 fully saturated rings. The molecule has 1 aliphatic rings. The fraction of sp³-hybridized carbons (Fsp3) is 0.778. The highest BCUT2D eigenvalue weighted by atomic mass is 32.2. The first kappa shape index (κ1) is 15.5. The molecule has 9 heteroatoms. The van der Waals surface area contributed by atoms with E-state index >= 15 is 0 Å². The number of alkyl halides is 3. The minimum absolute atomic E-state index is 0.248. The average molecular weight is 303 g/mol. The Balaban J connectivity index is 2.41. The second-order valence-corrected chi connectivity index (χ2v) is 5.94. The third-order valence-electron chi connectivity index (χ3n) is 2.31. The van der Waals surface area contributed by atoms with E-state index in [1.54, 1.807) is 0 Å². The summed E-state index contributed by atoms with van der Waals surface area (Å²) < 4.78 is 35.6. The lowest BCUT2D eigenvalue weighted by Crippen LogP contribution is -2.55. The van der Waals surface area contributed by atoms with Crippen molar-refractivity contribution < 1.29 is 27.9 Å². The number of rotatable bonds is 5. The van der Waals surface area contributed by atoms with Crippen LogP contribution in [0.15, 0.2) is 0 Å². The number of aliphatic carboxylic acids is 1. The topological polar surface area (TPSA) is 66.4 Å². The van der Waals surface area contributed by atoms with Crippen molar-refractivity contribution in [2.75, 3.05) is 23.0 Å². The molecule has 1 rings (SSSR count). The number of carboxylic acid groups (broad SMARTS) is 1. The summed E-state index contributed by atoms with van der Waals surface area (Å²) in [6.07, 6.45) is -4.03. The zero-order valence-electron chi connectivity index (χ0n) is 9.25. The van der Waals surface area contributed by atoms with Gasteiger partial charge in [0, 0.05) is 5.75 Å². The van der Waals surface area contributed by atoms with E-state index in [-0.39, 0.29) is 11.5 Å². The molecular weight excluding hydrogens is 291 g/mol. The Kier molecular flexibility index (Phi) is 5.20. The summed E-state index contributed by atoms with van der Waals surface area (Å²) >= 11 is 1.82. The van der Waals surface area contributed by atoms with Crippen LogP contribution in [-0.2, 0) is 9.59 Å². The monoisotopic (exact) mass is 303 g/mol. The minimum atomic E-state index is -4.32. The second kappa shape index (κ2) is 6.05. The molecule has 0 aromatic rings. The zero-order valence-corrected chi connectivity index (χ0v) is 10.9. The SMILES string of the molecule is O=C(CSCC(F)(F)F)NC1(C(=O)O)CCSC1. The lowest BCUT2D eigenvalue weighted by molar-refractivity contribution is -0.146. The van der Waals surface area contributed by atoms with E-state index < -0.39 is 29.3 Å². The quantitative estimate of drug-likeness (QED) is 0.803. The predicted octanol–water partition coefficient (Wildman–Crippen LogP) is 1.36. The number of carboxylic acids is 1. The van der Waals surface area contributed by atoms with E-state index in [0.29, 0.717) is 23.9 Å². The van der Waals surface area contributed by atoms with Crippen molar-refractivity contribution in [2.24, 2.45) is 0 Å². The van der Waals surface area contributed by atoms with Crippen LogP contribution < -0.4 is 5.32 Å². The van der Waals surface area contributed by atoms with Gasteiger partial charge >= 0.3 is 12.1 Å². The maximum Gasteiger partial charge on any atom is 0.397 e. The van der Waals surface area contributed by atoms with Crippen LogP contribution in [0.2, 0.25) is 0 Å². The number of carbonyl (C=O) groups excluding carboxylic acids is 1. The predicted molar refractivity (Wildman–Crippen MR) is 63.8 cm³/mol. The van der Waals surface area contributed by atoms with E-state index in [2.05, 4.69) is 5.32 Å². The van der Waals surface area contributed by atoms with Gasteiger partial charge in [-0.05, 0) is 12.2 Å².